The highest BCUT2D eigenvalue weighted by Gasteiger charge is 2.17. The highest BCUT2D eigenvalue weighted by atomic mass is 19.1. The molecule has 5 heteroatoms. The number of nitrogens with zero attached hydrogens (tertiary/aromatic N) is 1. The topological polar surface area (TPSA) is 43.7 Å². The van der Waals surface area contributed by atoms with E-state index in [-0.39, 0.29) is 18.9 Å². The second-order valence-corrected chi connectivity index (χ2v) is 3.56. The Labute approximate surface area is 92.9 Å². The molecule has 16 heavy (non-hydrogen) atoms. The smallest absolute Gasteiger partial charge is 0.146 e. The minimum atomic E-state index is -0.555. The van der Waals surface area contributed by atoms with Gasteiger partial charge in [0, 0.05) is 19.7 Å². The van der Waals surface area contributed by atoms with E-state index in [1.807, 2.05) is 0 Å². The number of aliphatic hydroxyl groups excluding tert-OH is 2. The lowest BCUT2D eigenvalue weighted by molar-refractivity contribution is 0.217. The zero-order chi connectivity index (χ0) is 12.1. The van der Waals surface area contributed by atoms with Crippen molar-refractivity contribution < 1.29 is 19.0 Å². The minimum Gasteiger partial charge on any atom is -0.396 e. The molecule has 0 aromatic heterocycles. The fraction of sp³-hybridized carbons (Fsp3) is 0.455. The van der Waals surface area contributed by atoms with Crippen molar-refractivity contribution >= 4 is 5.69 Å². The van der Waals surface area contributed by atoms with E-state index in [1.54, 1.807) is 7.05 Å². The lowest BCUT2D eigenvalue weighted by Gasteiger charge is -2.28. The van der Waals surface area contributed by atoms with Crippen molar-refractivity contribution in [3.05, 3.63) is 29.8 Å². The molecule has 0 aliphatic rings. The molecular formula is C11H15F2NO2. The number of hydrogen-bond donors (Lipinski definition) is 2. The normalized spacial score (nSPS) is 12.6. The Balaban J connectivity index is 2.93. The van der Waals surface area contributed by atoms with Crippen molar-refractivity contribution in [1.82, 2.24) is 0 Å². The van der Waals surface area contributed by atoms with Gasteiger partial charge in [-0.3, -0.25) is 0 Å². The number of halogens is 2. The van der Waals surface area contributed by atoms with Crippen LogP contribution >= 0.6 is 0 Å². The molecule has 2 N–H and O–H groups in total. The van der Waals surface area contributed by atoms with E-state index in [1.165, 1.54) is 4.90 Å². The van der Waals surface area contributed by atoms with E-state index in [4.69, 9.17) is 10.2 Å². The van der Waals surface area contributed by atoms with Gasteiger partial charge in [0.05, 0.1) is 18.3 Å². The average Bonchev–Trinajstić information content (AvgIpc) is 2.28. The van der Waals surface area contributed by atoms with Gasteiger partial charge in [-0.25, -0.2) is 8.78 Å². The Bertz CT molecular complexity index is 347. The zero-order valence-corrected chi connectivity index (χ0v) is 9.03. The summed E-state index contributed by atoms with van der Waals surface area (Å²) in [5, 5.41) is 17.9. The molecule has 1 rings (SSSR count). The summed E-state index contributed by atoms with van der Waals surface area (Å²) in [6.45, 7) is -0.348. The molecule has 0 heterocycles. The summed E-state index contributed by atoms with van der Waals surface area (Å²) in [5.74, 6) is -1.09. The minimum absolute atomic E-state index is 0.0764. The maximum Gasteiger partial charge on any atom is 0.146 e. The van der Waals surface area contributed by atoms with Crippen LogP contribution in [0.5, 0.6) is 0 Å². The lowest BCUT2D eigenvalue weighted by atomic mass is 10.1. The van der Waals surface area contributed by atoms with Gasteiger partial charge in [0.1, 0.15) is 11.6 Å². The summed E-state index contributed by atoms with van der Waals surface area (Å²) in [5.41, 5.74) is 0.0764. The molecule has 1 aromatic carbocycles. The summed E-state index contributed by atoms with van der Waals surface area (Å²) in [7, 11) is 1.55. The molecule has 0 bridgehead atoms. The van der Waals surface area contributed by atoms with Crippen LogP contribution in [0.2, 0.25) is 0 Å². The first-order valence-corrected chi connectivity index (χ1v) is 4.99. The first kappa shape index (κ1) is 12.9. The molecule has 0 saturated carbocycles. The van der Waals surface area contributed by atoms with E-state index in [9.17, 15) is 8.78 Å². The van der Waals surface area contributed by atoms with Gasteiger partial charge in [0.25, 0.3) is 0 Å². The van der Waals surface area contributed by atoms with E-state index < -0.39 is 17.7 Å². The highest BCUT2D eigenvalue weighted by molar-refractivity contribution is 5.48. The molecule has 0 fully saturated rings. The van der Waals surface area contributed by atoms with Crippen LogP contribution in [-0.2, 0) is 0 Å². The summed E-state index contributed by atoms with van der Waals surface area (Å²) < 4.78 is 26.4. The Morgan fingerprint density at radius 2 is 2.00 bits per heavy atom. The highest BCUT2D eigenvalue weighted by Crippen LogP contribution is 2.21. The Morgan fingerprint density at radius 3 is 2.56 bits per heavy atom. The molecule has 0 spiro atoms. The van der Waals surface area contributed by atoms with Crippen LogP contribution < -0.4 is 4.90 Å². The first-order valence-electron chi connectivity index (χ1n) is 4.99. The van der Waals surface area contributed by atoms with Crippen molar-refractivity contribution in [2.45, 2.75) is 12.5 Å². The lowest BCUT2D eigenvalue weighted by Crippen LogP contribution is -2.36. The standard InChI is InChI=1S/C11H15F2NO2/c1-14(9(7-16)4-5-15)11-6-8(12)2-3-10(11)13/h2-3,6,9,15-16H,4-5,7H2,1H3. The van der Waals surface area contributed by atoms with Crippen LogP contribution in [0.3, 0.4) is 0 Å². The van der Waals surface area contributed by atoms with E-state index in [2.05, 4.69) is 0 Å². The third-order valence-corrected chi connectivity index (χ3v) is 2.51. The van der Waals surface area contributed by atoms with Crippen LogP contribution in [-0.4, -0.2) is 36.5 Å². The van der Waals surface area contributed by atoms with Gasteiger partial charge < -0.3 is 15.1 Å². The molecule has 0 aliphatic heterocycles. The SMILES string of the molecule is CN(c1cc(F)ccc1F)C(CO)CCO. The number of hydrogen-bond acceptors (Lipinski definition) is 3. The Kier molecular flexibility index (Phi) is 4.64. The molecule has 3 nitrogen and oxygen atoms in total. The van der Waals surface area contributed by atoms with Crippen molar-refractivity contribution in [2.75, 3.05) is 25.2 Å². The van der Waals surface area contributed by atoms with Crippen molar-refractivity contribution in [1.29, 1.82) is 0 Å². The quantitative estimate of drug-likeness (QED) is 0.798. The fourth-order valence-corrected chi connectivity index (χ4v) is 1.51. The number of rotatable bonds is 5. The van der Waals surface area contributed by atoms with Crippen LogP contribution in [0.1, 0.15) is 6.42 Å². The van der Waals surface area contributed by atoms with Gasteiger partial charge in [-0.1, -0.05) is 0 Å². The van der Waals surface area contributed by atoms with Gasteiger partial charge in [-0.2, -0.15) is 0 Å². The summed E-state index contributed by atoms with van der Waals surface area (Å²) in [6.07, 6.45) is 0.295. The molecule has 0 aliphatic carbocycles. The molecule has 1 atom stereocenters. The second kappa shape index (κ2) is 5.77. The predicted molar refractivity (Wildman–Crippen MR) is 57.3 cm³/mol. The van der Waals surface area contributed by atoms with E-state index in [0.29, 0.717) is 6.42 Å². The molecule has 90 valence electrons. The molecule has 1 aromatic rings. The van der Waals surface area contributed by atoms with Gasteiger partial charge in [-0.15, -0.1) is 0 Å². The van der Waals surface area contributed by atoms with Crippen LogP contribution in [0, 0.1) is 11.6 Å². The van der Waals surface area contributed by atoms with Crippen molar-refractivity contribution in [3.8, 4) is 0 Å². The van der Waals surface area contributed by atoms with Gasteiger partial charge in [0.15, 0.2) is 0 Å². The van der Waals surface area contributed by atoms with E-state index >= 15 is 0 Å². The monoisotopic (exact) mass is 231 g/mol. The maximum atomic E-state index is 13.4. The average molecular weight is 231 g/mol. The number of aliphatic hydroxyl groups is 2. The third-order valence-electron chi connectivity index (χ3n) is 2.51. The third kappa shape index (κ3) is 2.90. The summed E-state index contributed by atoms with van der Waals surface area (Å²) in [6, 6.07) is 2.71. The van der Waals surface area contributed by atoms with Crippen LogP contribution in [0.15, 0.2) is 18.2 Å². The zero-order valence-electron chi connectivity index (χ0n) is 9.03. The fourth-order valence-electron chi connectivity index (χ4n) is 1.51. The van der Waals surface area contributed by atoms with Gasteiger partial charge in [0.2, 0.25) is 0 Å². The largest absolute Gasteiger partial charge is 0.396 e. The number of likely N-dealkylation sites (N-methyl/N-ethyl adjacent to an activating group) is 1. The van der Waals surface area contributed by atoms with Crippen molar-refractivity contribution in [2.24, 2.45) is 0 Å². The molecule has 0 radical (unpaired) electrons. The Morgan fingerprint density at radius 1 is 1.31 bits per heavy atom. The Hall–Kier alpha value is -1.20. The van der Waals surface area contributed by atoms with Crippen LogP contribution in [0.4, 0.5) is 14.5 Å². The molecular weight excluding hydrogens is 216 g/mol. The number of benzene rings is 1. The van der Waals surface area contributed by atoms with Gasteiger partial charge >= 0.3 is 0 Å². The summed E-state index contributed by atoms with van der Waals surface area (Å²) in [4.78, 5) is 1.43. The molecule has 0 saturated heterocycles. The van der Waals surface area contributed by atoms with Crippen LogP contribution in [0.25, 0.3) is 0 Å². The number of anilines is 1. The van der Waals surface area contributed by atoms with E-state index in [0.717, 1.165) is 18.2 Å². The van der Waals surface area contributed by atoms with Crippen molar-refractivity contribution in [3.63, 3.8) is 0 Å². The molecule has 0 amide bonds. The summed E-state index contributed by atoms with van der Waals surface area (Å²) >= 11 is 0. The first-order chi connectivity index (χ1) is 7.60. The maximum absolute atomic E-state index is 13.4. The predicted octanol–water partition coefficient (Wildman–Crippen LogP) is 1.14. The molecule has 1 unspecified atom stereocenters. The second-order valence-electron chi connectivity index (χ2n) is 3.56. The van der Waals surface area contributed by atoms with Gasteiger partial charge in [-0.05, 0) is 18.6 Å².